The fraction of sp³-hybridized carbons (Fsp3) is 0.143. The molecular weight excluding hydrogens is 484 g/mol. The predicted molar refractivity (Wildman–Crippen MR) is 122 cm³/mol. The van der Waals surface area contributed by atoms with Crippen molar-refractivity contribution in [3.8, 4) is 17.1 Å². The van der Waals surface area contributed by atoms with Gasteiger partial charge in [0.15, 0.2) is 11.0 Å². The number of allylic oxidation sites excluding steroid dienone is 1. The number of carbonyl (C=O) groups excluding carboxylic acids is 2. The van der Waals surface area contributed by atoms with Crippen molar-refractivity contribution < 1.29 is 19.4 Å². The quantitative estimate of drug-likeness (QED) is 0.271. The zero-order valence-electron chi connectivity index (χ0n) is 16.5. The Bertz CT molecular complexity index is 1120. The molecule has 2 aromatic carbocycles. The molecule has 0 atom stereocenters. The number of hydrogen-bond donors (Lipinski definition) is 2. The molecule has 0 bridgehead atoms. The molecule has 31 heavy (non-hydrogen) atoms. The lowest BCUT2D eigenvalue weighted by atomic mass is 10.2. The average Bonchev–Trinajstić information content (AvgIpc) is 3.16. The van der Waals surface area contributed by atoms with Crippen LogP contribution in [0.1, 0.15) is 10.4 Å². The van der Waals surface area contributed by atoms with Crippen LogP contribution in [0.15, 0.2) is 64.7 Å². The number of amides is 1. The first-order chi connectivity index (χ1) is 14.9. The maximum Gasteiger partial charge on any atom is 0.337 e. The van der Waals surface area contributed by atoms with Crippen molar-refractivity contribution in [3.63, 3.8) is 0 Å². The Morgan fingerprint density at radius 1 is 1.26 bits per heavy atom. The Hall–Kier alpha value is -3.11. The zero-order valence-corrected chi connectivity index (χ0v) is 18.9. The van der Waals surface area contributed by atoms with Gasteiger partial charge < -0.3 is 15.2 Å². The van der Waals surface area contributed by atoms with Gasteiger partial charge in [-0.05, 0) is 42.5 Å². The van der Waals surface area contributed by atoms with E-state index >= 15 is 0 Å². The first-order valence-corrected chi connectivity index (χ1v) is 10.8. The van der Waals surface area contributed by atoms with Crippen LogP contribution in [0.3, 0.4) is 0 Å². The highest BCUT2D eigenvalue weighted by Crippen LogP contribution is 2.32. The van der Waals surface area contributed by atoms with Crippen molar-refractivity contribution in [1.29, 1.82) is 0 Å². The lowest BCUT2D eigenvalue weighted by molar-refractivity contribution is -0.113. The number of nitrogens with zero attached hydrogens (tertiary/aromatic N) is 3. The Kier molecular flexibility index (Phi) is 7.48. The van der Waals surface area contributed by atoms with Gasteiger partial charge in [-0.2, -0.15) is 0 Å². The van der Waals surface area contributed by atoms with E-state index in [1.807, 2.05) is 0 Å². The SMILES string of the molecule is C=CCn1c(SCC(=O)Nc2ccc(C(=O)OC)cc2)nnc1-c1cc(Br)ccc1O. The smallest absolute Gasteiger partial charge is 0.337 e. The van der Waals surface area contributed by atoms with Crippen molar-refractivity contribution in [2.24, 2.45) is 0 Å². The summed E-state index contributed by atoms with van der Waals surface area (Å²) in [5.74, 6) is -0.0397. The van der Waals surface area contributed by atoms with Crippen molar-refractivity contribution in [1.82, 2.24) is 14.8 Å². The third kappa shape index (κ3) is 5.53. The summed E-state index contributed by atoms with van der Waals surface area (Å²) < 4.78 is 7.22. The molecule has 1 aromatic heterocycles. The number of hydrogen-bond acceptors (Lipinski definition) is 7. The van der Waals surface area contributed by atoms with Crippen LogP contribution in [0.25, 0.3) is 11.4 Å². The van der Waals surface area contributed by atoms with Crippen LogP contribution < -0.4 is 5.32 Å². The molecule has 0 radical (unpaired) electrons. The number of aromatic nitrogens is 3. The molecule has 0 saturated heterocycles. The second-order valence-corrected chi connectivity index (χ2v) is 8.13. The molecule has 3 aromatic rings. The minimum absolute atomic E-state index is 0.0746. The summed E-state index contributed by atoms with van der Waals surface area (Å²) in [6.45, 7) is 4.17. The van der Waals surface area contributed by atoms with Crippen LogP contribution in [0.4, 0.5) is 5.69 Å². The highest BCUT2D eigenvalue weighted by atomic mass is 79.9. The number of benzene rings is 2. The number of carbonyl (C=O) groups is 2. The number of esters is 1. The van der Waals surface area contributed by atoms with Crippen molar-refractivity contribution in [2.45, 2.75) is 11.7 Å². The number of anilines is 1. The number of phenols is 1. The van der Waals surface area contributed by atoms with Crippen LogP contribution >= 0.6 is 27.7 Å². The standard InChI is InChI=1S/C21H19BrN4O4S/c1-3-10-26-19(16-11-14(22)6-9-17(16)27)24-25-21(26)31-12-18(28)23-15-7-4-13(5-8-15)20(29)30-2/h3-9,11,27H,1,10,12H2,2H3,(H,23,28). The van der Waals surface area contributed by atoms with E-state index in [1.165, 1.54) is 18.9 Å². The van der Waals surface area contributed by atoms with E-state index in [9.17, 15) is 14.7 Å². The third-order valence-corrected chi connectivity index (χ3v) is 5.61. The Morgan fingerprint density at radius 3 is 2.68 bits per heavy atom. The fourth-order valence-corrected chi connectivity index (χ4v) is 3.82. The lowest BCUT2D eigenvalue weighted by Gasteiger charge is -2.09. The number of thioether (sulfide) groups is 1. The van der Waals surface area contributed by atoms with Crippen LogP contribution in [0.5, 0.6) is 5.75 Å². The minimum atomic E-state index is -0.442. The molecule has 1 heterocycles. The number of nitrogens with one attached hydrogen (secondary N) is 1. The van der Waals surface area contributed by atoms with Crippen LogP contribution in [-0.4, -0.2) is 44.6 Å². The van der Waals surface area contributed by atoms with E-state index in [2.05, 4.69) is 42.8 Å². The summed E-state index contributed by atoms with van der Waals surface area (Å²) in [6.07, 6.45) is 1.69. The highest BCUT2D eigenvalue weighted by Gasteiger charge is 2.18. The minimum Gasteiger partial charge on any atom is -0.507 e. The van der Waals surface area contributed by atoms with Crippen molar-refractivity contribution >= 4 is 45.3 Å². The summed E-state index contributed by atoms with van der Waals surface area (Å²) in [5, 5.41) is 21.9. The van der Waals surface area contributed by atoms with E-state index in [-0.39, 0.29) is 17.4 Å². The topological polar surface area (TPSA) is 106 Å². The molecule has 1 amide bonds. The highest BCUT2D eigenvalue weighted by molar-refractivity contribution is 9.10. The molecule has 10 heteroatoms. The largest absolute Gasteiger partial charge is 0.507 e. The first kappa shape index (κ1) is 22.6. The second kappa shape index (κ2) is 10.3. The van der Waals surface area contributed by atoms with Gasteiger partial charge in [0, 0.05) is 16.7 Å². The van der Waals surface area contributed by atoms with Crippen molar-refractivity contribution in [3.05, 3.63) is 65.2 Å². The third-order valence-electron chi connectivity index (χ3n) is 4.15. The molecule has 0 aliphatic heterocycles. The zero-order chi connectivity index (χ0) is 22.4. The number of methoxy groups -OCH3 is 1. The molecule has 0 unspecified atom stereocenters. The fourth-order valence-electron chi connectivity index (χ4n) is 2.71. The molecule has 2 N–H and O–H groups in total. The molecule has 8 nitrogen and oxygen atoms in total. The molecule has 0 aliphatic carbocycles. The second-order valence-electron chi connectivity index (χ2n) is 6.27. The summed E-state index contributed by atoms with van der Waals surface area (Å²) >= 11 is 4.60. The van der Waals surface area contributed by atoms with Gasteiger partial charge in [0.25, 0.3) is 0 Å². The molecule has 0 spiro atoms. The van der Waals surface area contributed by atoms with Crippen molar-refractivity contribution in [2.75, 3.05) is 18.2 Å². The van der Waals surface area contributed by atoms with Gasteiger partial charge in [-0.15, -0.1) is 16.8 Å². The van der Waals surface area contributed by atoms with Gasteiger partial charge >= 0.3 is 5.97 Å². The summed E-state index contributed by atoms with van der Waals surface area (Å²) in [5.41, 5.74) is 1.48. The van der Waals surface area contributed by atoms with Gasteiger partial charge in [0.2, 0.25) is 5.91 Å². The Labute approximate surface area is 191 Å². The Morgan fingerprint density at radius 2 is 2.00 bits per heavy atom. The first-order valence-electron chi connectivity index (χ1n) is 9.07. The summed E-state index contributed by atoms with van der Waals surface area (Å²) in [6, 6.07) is 11.4. The molecule has 3 rings (SSSR count). The summed E-state index contributed by atoms with van der Waals surface area (Å²) in [4.78, 5) is 23.8. The van der Waals surface area contributed by atoms with Gasteiger partial charge in [-0.3, -0.25) is 9.36 Å². The predicted octanol–water partition coefficient (Wildman–Crippen LogP) is 4.12. The molecule has 160 valence electrons. The monoisotopic (exact) mass is 502 g/mol. The number of rotatable bonds is 8. The van der Waals surface area contributed by atoms with Gasteiger partial charge in [-0.1, -0.05) is 33.8 Å². The lowest BCUT2D eigenvalue weighted by Crippen LogP contribution is -2.15. The van der Waals surface area contributed by atoms with Gasteiger partial charge in [0.1, 0.15) is 5.75 Å². The Balaban J connectivity index is 1.70. The number of halogens is 1. The average molecular weight is 503 g/mol. The van der Waals surface area contributed by atoms with Crippen LogP contribution in [0.2, 0.25) is 0 Å². The van der Waals surface area contributed by atoms with E-state index in [0.29, 0.717) is 34.3 Å². The number of aromatic hydroxyl groups is 1. The molecule has 0 fully saturated rings. The molecule has 0 aliphatic rings. The molecule has 0 saturated carbocycles. The van der Waals surface area contributed by atoms with E-state index < -0.39 is 5.97 Å². The van der Waals surface area contributed by atoms with E-state index in [1.54, 1.807) is 53.1 Å². The van der Waals surface area contributed by atoms with Gasteiger partial charge in [0.05, 0.1) is 24.0 Å². The maximum absolute atomic E-state index is 12.4. The molecular formula is C21H19BrN4O4S. The summed E-state index contributed by atoms with van der Waals surface area (Å²) in [7, 11) is 1.31. The van der Waals surface area contributed by atoms with E-state index in [0.717, 1.165) is 4.47 Å². The number of ether oxygens (including phenoxy) is 1. The van der Waals surface area contributed by atoms with Crippen LogP contribution in [-0.2, 0) is 16.1 Å². The van der Waals surface area contributed by atoms with Crippen LogP contribution in [0, 0.1) is 0 Å². The normalized spacial score (nSPS) is 10.5. The maximum atomic E-state index is 12.4. The van der Waals surface area contributed by atoms with E-state index in [4.69, 9.17) is 0 Å². The van der Waals surface area contributed by atoms with Gasteiger partial charge in [-0.25, -0.2) is 4.79 Å². The number of phenolic OH excluding ortho intramolecular Hbond substituents is 1.